The molecule has 1 aliphatic carbocycles. The average molecular weight is 436 g/mol. The van der Waals surface area contributed by atoms with Gasteiger partial charge in [0.1, 0.15) is 0 Å². The largest absolute Gasteiger partial charge is 0.382 e. The van der Waals surface area contributed by atoms with Crippen molar-refractivity contribution < 1.29 is 9.59 Å². The summed E-state index contributed by atoms with van der Waals surface area (Å²) in [6.45, 7) is 0. The molecule has 0 saturated heterocycles. The summed E-state index contributed by atoms with van der Waals surface area (Å²) in [6, 6.07) is 11.8. The lowest BCUT2D eigenvalue weighted by atomic mass is 9.93. The van der Waals surface area contributed by atoms with Gasteiger partial charge in [-0.2, -0.15) is 0 Å². The number of nitrogens with two attached hydrogens (primary N) is 1. The van der Waals surface area contributed by atoms with Crippen LogP contribution in [0.5, 0.6) is 0 Å². The van der Waals surface area contributed by atoms with E-state index in [1.54, 1.807) is 6.07 Å². The Morgan fingerprint density at radius 1 is 1.03 bits per heavy atom. The molecule has 1 saturated carbocycles. The number of aromatic nitrogens is 1. The van der Waals surface area contributed by atoms with Crippen molar-refractivity contribution in [2.75, 3.05) is 5.32 Å². The lowest BCUT2D eigenvalue weighted by molar-refractivity contribution is 0.0889. The van der Waals surface area contributed by atoms with Crippen LogP contribution in [0.1, 0.15) is 65.8 Å². The van der Waals surface area contributed by atoms with E-state index in [2.05, 4.69) is 5.32 Å². The normalized spacial score (nSPS) is 17.0. The summed E-state index contributed by atoms with van der Waals surface area (Å²) in [5, 5.41) is 5.20. The van der Waals surface area contributed by atoms with Crippen LogP contribution in [0, 0.1) is 0 Å². The topological polar surface area (TPSA) is 77.1 Å². The number of nitrogens with one attached hydrogen (secondary N) is 1. The van der Waals surface area contributed by atoms with E-state index in [0.29, 0.717) is 23.0 Å². The van der Waals surface area contributed by atoms with Gasteiger partial charge in [0, 0.05) is 39.8 Å². The van der Waals surface area contributed by atoms with Gasteiger partial charge >= 0.3 is 0 Å². The number of primary amides is 1. The summed E-state index contributed by atoms with van der Waals surface area (Å²) in [6.07, 6.45) is 8.06. The molecule has 2 aliphatic rings. The summed E-state index contributed by atoms with van der Waals surface area (Å²) in [5.74, 6) is -0.329. The number of anilines is 1. The van der Waals surface area contributed by atoms with Crippen molar-refractivity contribution in [2.45, 2.75) is 57.4 Å². The molecule has 2 heterocycles. The third kappa shape index (κ3) is 3.61. The zero-order valence-electron chi connectivity index (χ0n) is 17.4. The fourth-order valence-electron chi connectivity index (χ4n) is 5.18. The highest BCUT2D eigenvalue weighted by Gasteiger charge is 2.26. The second kappa shape index (κ2) is 8.04. The maximum absolute atomic E-state index is 12.8. The number of nitrogens with zero attached hydrogens (tertiary/aromatic N) is 1. The van der Waals surface area contributed by atoms with Gasteiger partial charge in [-0.3, -0.25) is 14.2 Å². The van der Waals surface area contributed by atoms with E-state index in [4.69, 9.17) is 17.3 Å². The van der Waals surface area contributed by atoms with Gasteiger partial charge in [-0.15, -0.1) is 0 Å². The molecule has 1 aliphatic heterocycles. The van der Waals surface area contributed by atoms with Crippen LogP contribution in [0.25, 0.3) is 22.0 Å². The highest BCUT2D eigenvalue weighted by molar-refractivity contribution is 6.31. The Morgan fingerprint density at radius 2 is 1.84 bits per heavy atom. The molecular formula is C25H26ClN3O2. The van der Waals surface area contributed by atoms with Crippen molar-refractivity contribution in [3.63, 3.8) is 0 Å². The van der Waals surface area contributed by atoms with Gasteiger partial charge in [-0.25, -0.2) is 0 Å². The number of fused-ring (bicyclic) bond motifs is 3. The maximum Gasteiger partial charge on any atom is 0.250 e. The van der Waals surface area contributed by atoms with Gasteiger partial charge in [0.2, 0.25) is 5.91 Å². The molecule has 3 N–H and O–H groups in total. The Balaban J connectivity index is 1.67. The number of carbonyl (C=O) groups is 2. The average Bonchev–Trinajstić information content (AvgIpc) is 3.09. The van der Waals surface area contributed by atoms with Crippen molar-refractivity contribution in [3.05, 3.63) is 52.7 Å². The van der Waals surface area contributed by atoms with E-state index >= 15 is 0 Å². The van der Waals surface area contributed by atoms with E-state index in [1.807, 2.05) is 34.9 Å². The molecule has 1 fully saturated rings. The molecule has 6 heteroatoms. The fraction of sp³-hybridized carbons (Fsp3) is 0.360. The molecule has 160 valence electrons. The van der Waals surface area contributed by atoms with Gasteiger partial charge < -0.3 is 11.1 Å². The van der Waals surface area contributed by atoms with Crippen LogP contribution >= 0.6 is 11.6 Å². The summed E-state index contributed by atoms with van der Waals surface area (Å²) < 4.78 is 1.83. The number of rotatable bonds is 4. The molecule has 1 aromatic heterocycles. The van der Waals surface area contributed by atoms with Crippen molar-refractivity contribution in [3.8, 4) is 11.1 Å². The van der Waals surface area contributed by atoms with Gasteiger partial charge in [0.25, 0.3) is 5.91 Å². The second-order valence-corrected chi connectivity index (χ2v) is 9.11. The van der Waals surface area contributed by atoms with Gasteiger partial charge in [-0.05, 0) is 55.5 Å². The summed E-state index contributed by atoms with van der Waals surface area (Å²) in [5.41, 5.74) is 10.9. The number of carbonyl (C=O) groups excluding carboxylic acids is 2. The van der Waals surface area contributed by atoms with Crippen molar-refractivity contribution in [2.24, 2.45) is 5.73 Å². The minimum Gasteiger partial charge on any atom is -0.382 e. The number of benzene rings is 2. The molecule has 31 heavy (non-hydrogen) atoms. The van der Waals surface area contributed by atoms with E-state index in [-0.39, 0.29) is 5.91 Å². The molecule has 0 unspecified atom stereocenters. The van der Waals surface area contributed by atoms with Crippen molar-refractivity contribution in [1.82, 2.24) is 4.57 Å². The Bertz CT molecular complexity index is 1190. The van der Waals surface area contributed by atoms with Gasteiger partial charge in [-0.1, -0.05) is 43.0 Å². The summed E-state index contributed by atoms with van der Waals surface area (Å²) >= 11 is 6.27. The Morgan fingerprint density at radius 3 is 2.61 bits per heavy atom. The lowest BCUT2D eigenvalue weighted by Gasteiger charge is -2.25. The molecule has 1 amide bonds. The first kappa shape index (κ1) is 20.1. The van der Waals surface area contributed by atoms with Crippen LogP contribution in [-0.4, -0.2) is 22.4 Å². The number of amides is 1. The lowest BCUT2D eigenvalue weighted by Crippen LogP contribution is -2.24. The zero-order chi connectivity index (χ0) is 21.5. The Hall–Kier alpha value is -2.79. The first-order chi connectivity index (χ1) is 15.0. The number of hydrogen-bond donors (Lipinski definition) is 2. The maximum atomic E-state index is 12.8. The number of hydrogen-bond acceptors (Lipinski definition) is 3. The van der Waals surface area contributed by atoms with E-state index < -0.39 is 5.91 Å². The zero-order valence-corrected chi connectivity index (χ0v) is 18.2. The van der Waals surface area contributed by atoms with Crippen molar-refractivity contribution >= 4 is 40.0 Å². The molecule has 2 aromatic carbocycles. The van der Waals surface area contributed by atoms with Crippen LogP contribution in [0.4, 0.5) is 5.69 Å². The quantitative estimate of drug-likeness (QED) is 0.545. The van der Waals surface area contributed by atoms with Gasteiger partial charge in [0.15, 0.2) is 0 Å². The standard InChI is InChI=1S/C25H26ClN3O2/c26-16-10-12-19-22(14-16)29-21(7-4-8-23(29)30)24(19)15-9-11-18(25(27)31)20(13-15)28-17-5-2-1-3-6-17/h9-14,17,28H,1-8H2,(H2,27,31). The van der Waals surface area contributed by atoms with Crippen LogP contribution in [-0.2, 0) is 6.42 Å². The first-order valence-corrected chi connectivity index (χ1v) is 11.5. The Kier molecular flexibility index (Phi) is 5.22. The predicted octanol–water partition coefficient (Wildman–Crippen LogP) is 5.78. The van der Waals surface area contributed by atoms with Crippen LogP contribution in [0.15, 0.2) is 36.4 Å². The van der Waals surface area contributed by atoms with Gasteiger partial charge in [0.05, 0.1) is 11.1 Å². The smallest absolute Gasteiger partial charge is 0.250 e. The summed E-state index contributed by atoms with van der Waals surface area (Å²) in [7, 11) is 0. The van der Waals surface area contributed by atoms with E-state index in [1.165, 1.54) is 19.3 Å². The molecule has 5 rings (SSSR count). The molecule has 5 nitrogen and oxygen atoms in total. The SMILES string of the molecule is NC(=O)c1ccc(-c2c3n(c4cc(Cl)ccc24)C(=O)CCC3)cc1NC1CCCCC1. The fourth-order valence-corrected chi connectivity index (χ4v) is 5.34. The van der Waals surface area contributed by atoms with E-state index in [0.717, 1.165) is 59.1 Å². The predicted molar refractivity (Wildman–Crippen MR) is 125 cm³/mol. The minimum absolute atomic E-state index is 0.106. The van der Waals surface area contributed by atoms with Crippen LogP contribution < -0.4 is 11.1 Å². The Labute approximate surface area is 186 Å². The molecular weight excluding hydrogens is 410 g/mol. The van der Waals surface area contributed by atoms with Crippen molar-refractivity contribution in [1.29, 1.82) is 0 Å². The molecule has 0 bridgehead atoms. The first-order valence-electron chi connectivity index (χ1n) is 11.1. The highest BCUT2D eigenvalue weighted by atomic mass is 35.5. The summed E-state index contributed by atoms with van der Waals surface area (Å²) in [4.78, 5) is 24.9. The molecule has 0 atom stereocenters. The third-order valence-electron chi connectivity index (χ3n) is 6.62. The number of halogens is 1. The molecule has 3 aromatic rings. The molecule has 0 radical (unpaired) electrons. The third-order valence-corrected chi connectivity index (χ3v) is 6.86. The van der Waals surface area contributed by atoms with Crippen LogP contribution in [0.2, 0.25) is 5.02 Å². The van der Waals surface area contributed by atoms with Crippen LogP contribution in [0.3, 0.4) is 0 Å². The van der Waals surface area contributed by atoms with E-state index in [9.17, 15) is 9.59 Å². The molecule has 0 spiro atoms. The minimum atomic E-state index is -0.435. The highest BCUT2D eigenvalue weighted by Crippen LogP contribution is 2.40. The second-order valence-electron chi connectivity index (χ2n) is 8.67. The monoisotopic (exact) mass is 435 g/mol.